The van der Waals surface area contributed by atoms with Gasteiger partial charge in [0.2, 0.25) is 0 Å². The Morgan fingerprint density at radius 1 is 1.23 bits per heavy atom. The molecule has 1 aromatic carbocycles. The van der Waals surface area contributed by atoms with E-state index in [0.29, 0.717) is 6.61 Å². The first-order chi connectivity index (χ1) is 14.8. The van der Waals surface area contributed by atoms with Gasteiger partial charge in [0, 0.05) is 34.9 Å². The van der Waals surface area contributed by atoms with E-state index in [1.807, 2.05) is 25.3 Å². The standard InChI is InChI=1S/C25H34N2O2S2/c1-8-12-30-23(17(2)3)9-11-28-21-14-20(15-22(16-21)29-19(6)7)24(18(4)5)27-25-26-10-13-31-25/h12,14-16,19H,1,9-11,13H2,2-7H3,(H,26,27). The van der Waals surface area contributed by atoms with Crippen molar-refractivity contribution >= 4 is 34.4 Å². The summed E-state index contributed by atoms with van der Waals surface area (Å²) in [5.41, 5.74) is 7.37. The Balaban J connectivity index is 2.25. The van der Waals surface area contributed by atoms with Crippen LogP contribution in [0.5, 0.6) is 11.5 Å². The van der Waals surface area contributed by atoms with E-state index in [1.54, 1.807) is 23.5 Å². The van der Waals surface area contributed by atoms with Crippen molar-refractivity contribution in [1.82, 2.24) is 5.32 Å². The Morgan fingerprint density at radius 2 is 1.97 bits per heavy atom. The third kappa shape index (κ3) is 8.56. The monoisotopic (exact) mass is 458 g/mol. The van der Waals surface area contributed by atoms with Crippen LogP contribution in [0.4, 0.5) is 0 Å². The van der Waals surface area contributed by atoms with E-state index >= 15 is 0 Å². The molecule has 31 heavy (non-hydrogen) atoms. The van der Waals surface area contributed by atoms with Crippen molar-refractivity contribution < 1.29 is 9.47 Å². The molecule has 0 fully saturated rings. The van der Waals surface area contributed by atoms with Crippen molar-refractivity contribution in [2.24, 2.45) is 4.99 Å². The van der Waals surface area contributed by atoms with Gasteiger partial charge in [-0.3, -0.25) is 4.99 Å². The molecule has 0 aromatic heterocycles. The average molecular weight is 459 g/mol. The lowest BCUT2D eigenvalue weighted by molar-refractivity contribution is 0.240. The molecule has 4 nitrogen and oxygen atoms in total. The molecular weight excluding hydrogens is 424 g/mol. The molecule has 0 unspecified atom stereocenters. The summed E-state index contributed by atoms with van der Waals surface area (Å²) >= 11 is 3.40. The van der Waals surface area contributed by atoms with E-state index in [2.05, 4.69) is 62.4 Å². The van der Waals surface area contributed by atoms with Crippen molar-refractivity contribution in [2.45, 2.75) is 54.1 Å². The Morgan fingerprint density at radius 3 is 2.55 bits per heavy atom. The van der Waals surface area contributed by atoms with Crippen LogP contribution in [0.15, 0.2) is 57.0 Å². The largest absolute Gasteiger partial charge is 0.493 e. The predicted molar refractivity (Wildman–Crippen MR) is 138 cm³/mol. The molecular formula is C25H34N2O2S2. The second-order valence-corrected chi connectivity index (χ2v) is 9.90. The van der Waals surface area contributed by atoms with Crippen LogP contribution in [0.2, 0.25) is 0 Å². The van der Waals surface area contributed by atoms with Crippen LogP contribution in [0.1, 0.15) is 53.5 Å². The average Bonchev–Trinajstić information content (AvgIpc) is 3.21. The molecule has 0 spiro atoms. The molecule has 0 saturated carbocycles. The first kappa shape index (κ1) is 25.3. The number of ether oxygens (including phenoxy) is 2. The van der Waals surface area contributed by atoms with Gasteiger partial charge in [-0.05, 0) is 58.6 Å². The van der Waals surface area contributed by atoms with E-state index in [-0.39, 0.29) is 6.10 Å². The minimum atomic E-state index is 0.0837. The highest BCUT2D eigenvalue weighted by Gasteiger charge is 2.14. The van der Waals surface area contributed by atoms with Crippen molar-refractivity contribution in [3.63, 3.8) is 0 Å². The van der Waals surface area contributed by atoms with Crippen LogP contribution in [-0.4, -0.2) is 30.2 Å². The van der Waals surface area contributed by atoms with Gasteiger partial charge in [-0.1, -0.05) is 41.2 Å². The van der Waals surface area contributed by atoms with Crippen molar-refractivity contribution in [3.8, 4) is 11.5 Å². The Hall–Kier alpha value is -2.01. The second-order valence-electron chi connectivity index (χ2n) is 7.86. The molecule has 0 saturated heterocycles. The SMILES string of the molecule is C=C=CSC(CCOc1cc(OC(C)C)cc(C(NC2=NCCS2)=C(C)C)c1)=C(C)C. The van der Waals surface area contributed by atoms with Gasteiger partial charge in [-0.25, -0.2) is 0 Å². The normalized spacial score (nSPS) is 12.7. The summed E-state index contributed by atoms with van der Waals surface area (Å²) in [6.45, 7) is 17.6. The highest BCUT2D eigenvalue weighted by atomic mass is 32.2. The molecule has 1 aromatic rings. The number of hydrogen-bond donors (Lipinski definition) is 1. The quantitative estimate of drug-likeness (QED) is 0.382. The maximum atomic E-state index is 6.17. The molecule has 0 radical (unpaired) electrons. The van der Waals surface area contributed by atoms with Gasteiger partial charge in [0.25, 0.3) is 0 Å². The van der Waals surface area contributed by atoms with E-state index in [4.69, 9.17) is 9.47 Å². The molecule has 0 bridgehead atoms. The smallest absolute Gasteiger partial charge is 0.161 e. The number of aliphatic imine (C=N–C) groups is 1. The topological polar surface area (TPSA) is 42.9 Å². The first-order valence-electron chi connectivity index (χ1n) is 10.5. The van der Waals surface area contributed by atoms with Gasteiger partial charge in [-0.15, -0.1) is 5.73 Å². The lowest BCUT2D eigenvalue weighted by atomic mass is 10.1. The summed E-state index contributed by atoms with van der Waals surface area (Å²) in [4.78, 5) is 5.81. The Bertz CT molecular complexity index is 902. The molecule has 168 valence electrons. The fourth-order valence-electron chi connectivity index (χ4n) is 2.94. The zero-order valence-corrected chi connectivity index (χ0v) is 21.1. The summed E-state index contributed by atoms with van der Waals surface area (Å²) in [7, 11) is 0. The molecule has 1 aliphatic rings. The van der Waals surface area contributed by atoms with E-state index in [0.717, 1.165) is 46.6 Å². The predicted octanol–water partition coefficient (Wildman–Crippen LogP) is 7.01. The van der Waals surface area contributed by atoms with Crippen molar-refractivity contribution in [1.29, 1.82) is 0 Å². The number of amidine groups is 1. The second kappa shape index (κ2) is 12.7. The highest BCUT2D eigenvalue weighted by molar-refractivity contribution is 8.14. The molecule has 6 heteroatoms. The van der Waals surface area contributed by atoms with E-state index < -0.39 is 0 Å². The zero-order valence-electron chi connectivity index (χ0n) is 19.5. The van der Waals surface area contributed by atoms with Gasteiger partial charge >= 0.3 is 0 Å². The number of allylic oxidation sites excluding steroid dienone is 2. The van der Waals surface area contributed by atoms with Crippen molar-refractivity contribution in [3.05, 3.63) is 57.5 Å². The summed E-state index contributed by atoms with van der Waals surface area (Å²) < 4.78 is 12.2. The van der Waals surface area contributed by atoms with Crippen LogP contribution in [-0.2, 0) is 0 Å². The lowest BCUT2D eigenvalue weighted by Gasteiger charge is -2.18. The van der Waals surface area contributed by atoms with Crippen molar-refractivity contribution in [2.75, 3.05) is 18.9 Å². The van der Waals surface area contributed by atoms with Gasteiger partial charge in [-0.2, -0.15) is 0 Å². The molecule has 0 atom stereocenters. The molecule has 0 amide bonds. The van der Waals surface area contributed by atoms with Gasteiger partial charge in [0.05, 0.1) is 19.3 Å². The van der Waals surface area contributed by atoms with Crippen LogP contribution >= 0.6 is 23.5 Å². The minimum absolute atomic E-state index is 0.0837. The third-order valence-corrected chi connectivity index (χ3v) is 6.37. The van der Waals surface area contributed by atoms with E-state index in [9.17, 15) is 0 Å². The maximum absolute atomic E-state index is 6.17. The molecule has 0 aliphatic carbocycles. The number of benzene rings is 1. The third-order valence-electron chi connectivity index (χ3n) is 4.30. The molecule has 1 aliphatic heterocycles. The summed E-state index contributed by atoms with van der Waals surface area (Å²) in [6.07, 6.45) is 0.914. The number of hydrogen-bond acceptors (Lipinski definition) is 6. The Kier molecular flexibility index (Phi) is 10.4. The number of thioether (sulfide) groups is 2. The molecule has 2 rings (SSSR count). The summed E-state index contributed by atoms with van der Waals surface area (Å²) in [5.74, 6) is 2.62. The van der Waals surface area contributed by atoms with E-state index in [1.165, 1.54) is 16.1 Å². The lowest BCUT2D eigenvalue weighted by Crippen LogP contribution is -2.18. The Labute approximate surface area is 196 Å². The highest BCUT2D eigenvalue weighted by Crippen LogP contribution is 2.30. The first-order valence-corrected chi connectivity index (χ1v) is 12.4. The summed E-state index contributed by atoms with van der Waals surface area (Å²) in [6, 6.07) is 6.10. The van der Waals surface area contributed by atoms with Crippen LogP contribution < -0.4 is 14.8 Å². The van der Waals surface area contributed by atoms with Crippen LogP contribution in [0, 0.1) is 0 Å². The van der Waals surface area contributed by atoms with Gasteiger partial charge < -0.3 is 14.8 Å². The number of nitrogens with one attached hydrogen (secondary N) is 1. The summed E-state index contributed by atoms with van der Waals surface area (Å²) in [5, 5.41) is 6.36. The molecule has 1 N–H and O–H groups in total. The number of nitrogens with zero attached hydrogens (tertiary/aromatic N) is 1. The minimum Gasteiger partial charge on any atom is -0.493 e. The zero-order chi connectivity index (χ0) is 22.8. The maximum Gasteiger partial charge on any atom is 0.161 e. The fraction of sp³-hybridized carbons (Fsp3) is 0.440. The number of rotatable bonds is 10. The van der Waals surface area contributed by atoms with Crippen LogP contribution in [0.25, 0.3) is 5.70 Å². The molecule has 1 heterocycles. The van der Waals surface area contributed by atoms with Gasteiger partial charge in [0.1, 0.15) is 11.5 Å². The fourth-order valence-corrected chi connectivity index (χ4v) is 4.34. The van der Waals surface area contributed by atoms with Gasteiger partial charge in [0.15, 0.2) is 5.17 Å². The van der Waals surface area contributed by atoms with Crippen LogP contribution in [0.3, 0.4) is 0 Å².